The standard InChI is InChI=1S/C16H25N3/c17-2-1-3-19-10-15(9-18-19)16-13-5-11-4-12(7-13)8-14(16)6-11/h9-14,16H,1-8,17H2. The number of hydrogen-bond donors (Lipinski definition) is 1. The van der Waals surface area contributed by atoms with Crippen LogP contribution in [0, 0.1) is 23.7 Å². The quantitative estimate of drug-likeness (QED) is 0.903. The molecule has 5 rings (SSSR count). The van der Waals surface area contributed by atoms with Crippen molar-refractivity contribution in [2.75, 3.05) is 6.54 Å². The average Bonchev–Trinajstić information content (AvgIpc) is 2.83. The lowest BCUT2D eigenvalue weighted by Crippen LogP contribution is -2.43. The van der Waals surface area contributed by atoms with Gasteiger partial charge in [0.25, 0.3) is 0 Å². The lowest BCUT2D eigenvalue weighted by atomic mass is 9.51. The summed E-state index contributed by atoms with van der Waals surface area (Å²) in [5.41, 5.74) is 7.10. The fourth-order valence-corrected chi connectivity index (χ4v) is 5.40. The Morgan fingerprint density at radius 2 is 1.79 bits per heavy atom. The van der Waals surface area contributed by atoms with Crippen LogP contribution in [0.2, 0.25) is 0 Å². The molecule has 0 radical (unpaired) electrons. The summed E-state index contributed by atoms with van der Waals surface area (Å²) in [7, 11) is 0. The smallest absolute Gasteiger partial charge is 0.0524 e. The molecule has 1 heterocycles. The van der Waals surface area contributed by atoms with Gasteiger partial charge in [-0.1, -0.05) is 0 Å². The average molecular weight is 259 g/mol. The van der Waals surface area contributed by atoms with Crippen molar-refractivity contribution in [3.8, 4) is 0 Å². The predicted octanol–water partition coefficient (Wildman–Crippen LogP) is 2.77. The highest BCUT2D eigenvalue weighted by atomic mass is 15.3. The maximum atomic E-state index is 5.58. The summed E-state index contributed by atoms with van der Waals surface area (Å²) < 4.78 is 2.10. The Balaban J connectivity index is 1.54. The van der Waals surface area contributed by atoms with Crippen molar-refractivity contribution in [3.05, 3.63) is 18.0 Å². The predicted molar refractivity (Wildman–Crippen MR) is 75.7 cm³/mol. The molecule has 0 spiro atoms. The first-order valence-electron chi connectivity index (χ1n) is 8.06. The number of nitrogens with zero attached hydrogens (tertiary/aromatic N) is 2. The monoisotopic (exact) mass is 259 g/mol. The first kappa shape index (κ1) is 12.0. The van der Waals surface area contributed by atoms with E-state index in [9.17, 15) is 0 Å². The van der Waals surface area contributed by atoms with E-state index in [1.807, 2.05) is 0 Å². The number of aromatic nitrogens is 2. The lowest BCUT2D eigenvalue weighted by molar-refractivity contribution is -0.00280. The third kappa shape index (κ3) is 2.03. The lowest BCUT2D eigenvalue weighted by Gasteiger charge is -2.54. The molecular formula is C16H25N3. The molecule has 0 unspecified atom stereocenters. The Kier molecular flexibility index (Phi) is 2.91. The molecule has 4 aliphatic rings. The Morgan fingerprint density at radius 1 is 1.11 bits per heavy atom. The SMILES string of the molecule is NCCCn1cc(C2C3CC4CC(C3)CC2C4)cn1. The van der Waals surface area contributed by atoms with E-state index in [-0.39, 0.29) is 0 Å². The van der Waals surface area contributed by atoms with Crippen LogP contribution in [0.15, 0.2) is 12.4 Å². The van der Waals surface area contributed by atoms with Crippen molar-refractivity contribution in [2.24, 2.45) is 29.4 Å². The van der Waals surface area contributed by atoms with Gasteiger partial charge >= 0.3 is 0 Å². The largest absolute Gasteiger partial charge is 0.330 e. The van der Waals surface area contributed by atoms with Gasteiger partial charge in [0, 0.05) is 12.7 Å². The highest BCUT2D eigenvalue weighted by Crippen LogP contribution is 2.59. The summed E-state index contributed by atoms with van der Waals surface area (Å²) in [6.45, 7) is 1.73. The van der Waals surface area contributed by atoms with E-state index >= 15 is 0 Å². The van der Waals surface area contributed by atoms with Gasteiger partial charge < -0.3 is 5.73 Å². The molecule has 104 valence electrons. The third-order valence-electron chi connectivity index (χ3n) is 5.86. The van der Waals surface area contributed by atoms with Crippen molar-refractivity contribution >= 4 is 0 Å². The van der Waals surface area contributed by atoms with E-state index in [2.05, 4.69) is 22.2 Å². The topological polar surface area (TPSA) is 43.8 Å². The van der Waals surface area contributed by atoms with Crippen molar-refractivity contribution < 1.29 is 0 Å². The van der Waals surface area contributed by atoms with Crippen LogP contribution in [0.4, 0.5) is 0 Å². The Hall–Kier alpha value is -0.830. The first-order chi connectivity index (χ1) is 9.33. The molecule has 1 aromatic heterocycles. The number of nitrogens with two attached hydrogens (primary N) is 1. The van der Waals surface area contributed by atoms with Crippen LogP contribution in [-0.4, -0.2) is 16.3 Å². The molecule has 3 heteroatoms. The summed E-state index contributed by atoms with van der Waals surface area (Å²) in [5, 5.41) is 4.55. The molecule has 0 aliphatic heterocycles. The van der Waals surface area contributed by atoms with Crippen molar-refractivity contribution in [1.82, 2.24) is 9.78 Å². The number of rotatable bonds is 4. The second-order valence-electron chi connectivity index (χ2n) is 7.14. The minimum atomic E-state index is 0.757. The third-order valence-corrected chi connectivity index (χ3v) is 5.86. The molecule has 4 aliphatic carbocycles. The molecule has 4 saturated carbocycles. The van der Waals surface area contributed by atoms with Crippen LogP contribution in [0.1, 0.15) is 50.0 Å². The molecule has 1 aromatic rings. The van der Waals surface area contributed by atoms with Gasteiger partial charge in [0.2, 0.25) is 0 Å². The minimum absolute atomic E-state index is 0.757. The molecule has 0 amide bonds. The Morgan fingerprint density at radius 3 is 2.42 bits per heavy atom. The zero-order valence-electron chi connectivity index (χ0n) is 11.7. The van der Waals surface area contributed by atoms with Crippen LogP contribution in [0.25, 0.3) is 0 Å². The minimum Gasteiger partial charge on any atom is -0.330 e. The van der Waals surface area contributed by atoms with Crippen molar-refractivity contribution in [1.29, 1.82) is 0 Å². The first-order valence-corrected chi connectivity index (χ1v) is 8.06. The Labute approximate surface area is 115 Å². The maximum Gasteiger partial charge on any atom is 0.0524 e. The molecule has 19 heavy (non-hydrogen) atoms. The van der Waals surface area contributed by atoms with Crippen LogP contribution in [0.5, 0.6) is 0 Å². The zero-order valence-corrected chi connectivity index (χ0v) is 11.7. The number of aryl methyl sites for hydroxylation is 1. The molecule has 4 fully saturated rings. The van der Waals surface area contributed by atoms with Crippen LogP contribution in [-0.2, 0) is 6.54 Å². The molecule has 2 N–H and O–H groups in total. The van der Waals surface area contributed by atoms with Gasteiger partial charge in [-0.25, -0.2) is 0 Å². The van der Waals surface area contributed by atoms with Crippen LogP contribution in [0.3, 0.4) is 0 Å². The van der Waals surface area contributed by atoms with E-state index in [0.29, 0.717) is 0 Å². The van der Waals surface area contributed by atoms with Crippen molar-refractivity contribution in [3.63, 3.8) is 0 Å². The zero-order chi connectivity index (χ0) is 12.8. The van der Waals surface area contributed by atoms with Gasteiger partial charge in [-0.05, 0) is 80.2 Å². The molecule has 0 saturated heterocycles. The maximum absolute atomic E-state index is 5.58. The second kappa shape index (κ2) is 4.62. The highest BCUT2D eigenvalue weighted by Gasteiger charge is 2.48. The van der Waals surface area contributed by atoms with Gasteiger partial charge in [-0.2, -0.15) is 5.10 Å². The van der Waals surface area contributed by atoms with E-state index in [1.54, 1.807) is 0 Å². The van der Waals surface area contributed by atoms with E-state index in [1.165, 1.54) is 37.7 Å². The second-order valence-corrected chi connectivity index (χ2v) is 7.14. The van der Waals surface area contributed by atoms with Crippen molar-refractivity contribution in [2.45, 2.75) is 51.0 Å². The van der Waals surface area contributed by atoms with Gasteiger partial charge in [0.05, 0.1) is 6.20 Å². The summed E-state index contributed by atoms with van der Waals surface area (Å²) in [6, 6.07) is 0. The Bertz CT molecular complexity index is 423. The molecule has 3 nitrogen and oxygen atoms in total. The van der Waals surface area contributed by atoms with Gasteiger partial charge in [0.1, 0.15) is 0 Å². The highest BCUT2D eigenvalue weighted by molar-refractivity contribution is 5.19. The van der Waals surface area contributed by atoms with E-state index in [0.717, 1.165) is 49.1 Å². The van der Waals surface area contributed by atoms with E-state index in [4.69, 9.17) is 5.73 Å². The summed E-state index contributed by atoms with van der Waals surface area (Å²) in [4.78, 5) is 0. The fraction of sp³-hybridized carbons (Fsp3) is 0.812. The van der Waals surface area contributed by atoms with Gasteiger partial charge in [-0.3, -0.25) is 4.68 Å². The summed E-state index contributed by atoms with van der Waals surface area (Å²) >= 11 is 0. The normalized spacial score (nSPS) is 39.9. The molecular weight excluding hydrogens is 234 g/mol. The molecule has 4 bridgehead atoms. The number of hydrogen-bond acceptors (Lipinski definition) is 2. The van der Waals surface area contributed by atoms with Crippen LogP contribution < -0.4 is 5.73 Å². The molecule has 0 aromatic carbocycles. The molecule has 0 atom stereocenters. The van der Waals surface area contributed by atoms with Crippen LogP contribution >= 0.6 is 0 Å². The van der Waals surface area contributed by atoms with E-state index < -0.39 is 0 Å². The summed E-state index contributed by atoms with van der Waals surface area (Å²) in [5.74, 6) is 4.86. The fourth-order valence-electron chi connectivity index (χ4n) is 5.40. The summed E-state index contributed by atoms with van der Waals surface area (Å²) in [6.07, 6.45) is 13.0. The van der Waals surface area contributed by atoms with Gasteiger partial charge in [-0.15, -0.1) is 0 Å². The van der Waals surface area contributed by atoms with Gasteiger partial charge in [0.15, 0.2) is 0 Å².